The number of hydrogen-bond acceptors (Lipinski definition) is 2. The van der Waals surface area contributed by atoms with Gasteiger partial charge in [-0.25, -0.2) is 8.78 Å². The van der Waals surface area contributed by atoms with Crippen LogP contribution < -0.4 is 5.32 Å². The molecular formula is C43H64F2N2P2. The third kappa shape index (κ3) is 18.3. The number of nitrogens with one attached hydrogen (secondary N) is 1. The van der Waals surface area contributed by atoms with Gasteiger partial charge in [-0.1, -0.05) is 130 Å². The SMILES string of the molecule is C=C(C)Cc1ccc(CC(=C)NCCCC(P)P)cc1.C=C(CCC)CCCCCCN1C(=C)CCC1/C=C/CC(F)(F)c1ccccc1. The van der Waals surface area contributed by atoms with E-state index < -0.39 is 5.92 Å². The molecule has 2 aromatic carbocycles. The van der Waals surface area contributed by atoms with Crippen molar-refractivity contribution in [1.29, 1.82) is 0 Å². The highest BCUT2D eigenvalue weighted by Crippen LogP contribution is 2.33. The number of benzene rings is 2. The number of likely N-dealkylation sites (tertiary alicyclic amines) is 1. The van der Waals surface area contributed by atoms with Crippen molar-refractivity contribution in [3.63, 3.8) is 0 Å². The molecule has 1 saturated heterocycles. The molecule has 270 valence electrons. The van der Waals surface area contributed by atoms with Gasteiger partial charge in [0, 0.05) is 48.9 Å². The van der Waals surface area contributed by atoms with Crippen LogP contribution in [-0.4, -0.2) is 29.4 Å². The monoisotopic (exact) mass is 708 g/mol. The third-order valence-corrected chi connectivity index (χ3v) is 9.45. The summed E-state index contributed by atoms with van der Waals surface area (Å²) in [7, 11) is 5.61. The summed E-state index contributed by atoms with van der Waals surface area (Å²) in [5, 5.41) is 4.02. The van der Waals surface area contributed by atoms with Gasteiger partial charge in [-0.05, 0) is 81.2 Å². The van der Waals surface area contributed by atoms with Gasteiger partial charge in [0.25, 0.3) is 5.92 Å². The second-order valence-corrected chi connectivity index (χ2v) is 16.2. The second-order valence-electron chi connectivity index (χ2n) is 13.7. The van der Waals surface area contributed by atoms with Crippen molar-refractivity contribution in [2.24, 2.45) is 0 Å². The van der Waals surface area contributed by atoms with E-state index in [1.165, 1.54) is 72.9 Å². The third-order valence-electron chi connectivity index (χ3n) is 8.78. The first-order valence-electron chi connectivity index (χ1n) is 18.3. The van der Waals surface area contributed by atoms with Crippen LogP contribution in [0.25, 0.3) is 0 Å². The molecule has 3 rings (SSSR count). The highest BCUT2D eigenvalue weighted by atomic mass is 31.1. The minimum atomic E-state index is -2.82. The molecule has 3 atom stereocenters. The Morgan fingerprint density at radius 1 is 0.939 bits per heavy atom. The minimum absolute atomic E-state index is 0.0824. The summed E-state index contributed by atoms with van der Waals surface area (Å²) in [4.78, 5) is 2.31. The number of halogens is 2. The molecule has 3 unspecified atom stereocenters. The Hall–Kier alpha value is -2.54. The molecular weight excluding hydrogens is 644 g/mol. The van der Waals surface area contributed by atoms with E-state index in [0.717, 1.165) is 69.4 Å². The average Bonchev–Trinajstić information content (AvgIpc) is 3.40. The fourth-order valence-corrected chi connectivity index (χ4v) is 6.54. The molecule has 0 spiro atoms. The zero-order chi connectivity index (χ0) is 36.1. The normalized spacial score (nSPS) is 14.6. The van der Waals surface area contributed by atoms with Crippen LogP contribution in [0.15, 0.2) is 116 Å². The van der Waals surface area contributed by atoms with Crippen LogP contribution in [0, 0.1) is 0 Å². The molecule has 2 nitrogen and oxygen atoms in total. The van der Waals surface area contributed by atoms with Gasteiger partial charge in [0.05, 0.1) is 0 Å². The maximum atomic E-state index is 14.3. The van der Waals surface area contributed by atoms with Crippen molar-refractivity contribution in [2.45, 2.75) is 121 Å². The van der Waals surface area contributed by atoms with Gasteiger partial charge in [0.2, 0.25) is 0 Å². The lowest BCUT2D eigenvalue weighted by Gasteiger charge is -2.25. The van der Waals surface area contributed by atoms with E-state index in [9.17, 15) is 8.78 Å². The van der Waals surface area contributed by atoms with E-state index in [1.807, 2.05) is 6.08 Å². The lowest BCUT2D eigenvalue weighted by molar-refractivity contribution is -0.00107. The highest BCUT2D eigenvalue weighted by Gasteiger charge is 2.30. The van der Waals surface area contributed by atoms with Crippen LogP contribution in [0.5, 0.6) is 0 Å². The van der Waals surface area contributed by atoms with E-state index in [4.69, 9.17) is 0 Å². The summed E-state index contributed by atoms with van der Waals surface area (Å²) in [6.07, 6.45) is 17.8. The van der Waals surface area contributed by atoms with Crippen LogP contribution in [-0.2, 0) is 18.8 Å². The van der Waals surface area contributed by atoms with Gasteiger partial charge in [0.15, 0.2) is 0 Å². The quantitative estimate of drug-likeness (QED) is 0.0744. The zero-order valence-corrected chi connectivity index (χ0v) is 32.8. The summed E-state index contributed by atoms with van der Waals surface area (Å²) in [6.45, 7) is 22.6. The van der Waals surface area contributed by atoms with Crippen LogP contribution in [0.2, 0.25) is 0 Å². The highest BCUT2D eigenvalue weighted by molar-refractivity contribution is 7.37. The van der Waals surface area contributed by atoms with Crippen molar-refractivity contribution >= 4 is 18.5 Å². The summed E-state index contributed by atoms with van der Waals surface area (Å²) in [5.41, 5.74) is 7.53. The van der Waals surface area contributed by atoms with Crippen LogP contribution in [0.3, 0.4) is 0 Å². The predicted octanol–water partition coefficient (Wildman–Crippen LogP) is 12.3. The van der Waals surface area contributed by atoms with Crippen LogP contribution in [0.1, 0.15) is 108 Å². The van der Waals surface area contributed by atoms with Gasteiger partial charge in [-0.2, -0.15) is 0 Å². The van der Waals surface area contributed by atoms with Gasteiger partial charge in [-0.3, -0.25) is 0 Å². The Labute approximate surface area is 303 Å². The number of allylic oxidation sites excluding steroid dienone is 5. The Morgan fingerprint density at radius 2 is 1.59 bits per heavy atom. The van der Waals surface area contributed by atoms with Gasteiger partial charge < -0.3 is 10.2 Å². The largest absolute Gasteiger partial charge is 0.389 e. The lowest BCUT2D eigenvalue weighted by Crippen LogP contribution is -2.27. The minimum Gasteiger partial charge on any atom is -0.389 e. The molecule has 0 bridgehead atoms. The zero-order valence-electron chi connectivity index (χ0n) is 30.5. The second kappa shape index (κ2) is 23.8. The molecule has 1 aliphatic rings. The number of nitrogens with zero attached hydrogens (tertiary/aromatic N) is 1. The number of hydrogen-bond donors (Lipinski definition) is 1. The topological polar surface area (TPSA) is 15.3 Å². The molecule has 1 fully saturated rings. The fraction of sp³-hybridized carbons (Fsp3) is 0.488. The molecule has 1 N–H and O–H groups in total. The molecule has 0 aromatic heterocycles. The molecule has 1 heterocycles. The Bertz CT molecular complexity index is 1300. The fourth-order valence-electron chi connectivity index (χ4n) is 6.07. The van der Waals surface area contributed by atoms with Crippen molar-refractivity contribution in [3.05, 3.63) is 132 Å². The standard InChI is InChI=1S/C26H37F2N.C17H27NP2/c1-4-13-22(2)14-8-5-6-11-21-29-23(3)18-19-25(29)17-12-20-26(27,28)24-15-9-7-10-16-24;1-13(2)11-15-6-8-16(9-7-15)12-14(3)18-10-4-5-17(19)20/h7,9-10,12,15-17,25H,2-6,8,11,13-14,18-21H2,1H3;6-9,17-18H,1,3-5,10-12,19-20H2,2H3/b17-12+;. The maximum Gasteiger partial charge on any atom is 0.276 e. The Kier molecular flexibility index (Phi) is 20.7. The first-order chi connectivity index (χ1) is 23.4. The smallest absolute Gasteiger partial charge is 0.276 e. The first-order valence-corrected chi connectivity index (χ1v) is 19.6. The molecule has 6 heteroatoms. The van der Waals surface area contributed by atoms with Crippen molar-refractivity contribution in [2.75, 3.05) is 13.1 Å². The summed E-state index contributed by atoms with van der Waals surface area (Å²) in [5.74, 6) is -2.82. The van der Waals surface area contributed by atoms with Crippen molar-refractivity contribution in [1.82, 2.24) is 10.2 Å². The van der Waals surface area contributed by atoms with Gasteiger partial charge in [-0.15, -0.1) is 18.5 Å². The molecule has 49 heavy (non-hydrogen) atoms. The number of alkyl halides is 2. The summed E-state index contributed by atoms with van der Waals surface area (Å²) < 4.78 is 28.7. The summed E-state index contributed by atoms with van der Waals surface area (Å²) in [6, 6.07) is 17.0. The average molecular weight is 709 g/mol. The molecule has 0 amide bonds. The lowest BCUT2D eigenvalue weighted by atomic mass is 10.0. The predicted molar refractivity (Wildman–Crippen MR) is 218 cm³/mol. The van der Waals surface area contributed by atoms with Crippen LogP contribution in [0.4, 0.5) is 8.78 Å². The Balaban J connectivity index is 0.000000365. The first kappa shape index (κ1) is 42.6. The van der Waals surface area contributed by atoms with E-state index in [1.54, 1.807) is 24.3 Å². The van der Waals surface area contributed by atoms with E-state index >= 15 is 0 Å². The molecule has 2 aromatic rings. The summed E-state index contributed by atoms with van der Waals surface area (Å²) >= 11 is 0. The molecule has 1 aliphatic heterocycles. The molecule has 0 saturated carbocycles. The number of unbranched alkanes of at least 4 members (excludes halogenated alkanes) is 3. The molecule has 0 aliphatic carbocycles. The molecule has 0 radical (unpaired) electrons. The van der Waals surface area contributed by atoms with Crippen molar-refractivity contribution in [3.8, 4) is 0 Å². The van der Waals surface area contributed by atoms with Crippen molar-refractivity contribution < 1.29 is 8.78 Å². The Morgan fingerprint density at radius 3 is 2.22 bits per heavy atom. The maximum absolute atomic E-state index is 14.3. The number of rotatable bonds is 22. The van der Waals surface area contributed by atoms with Gasteiger partial charge in [0.1, 0.15) is 0 Å². The van der Waals surface area contributed by atoms with E-state index in [-0.39, 0.29) is 18.0 Å². The van der Waals surface area contributed by atoms with Crippen LogP contribution >= 0.6 is 18.5 Å². The van der Waals surface area contributed by atoms with Gasteiger partial charge >= 0.3 is 0 Å². The van der Waals surface area contributed by atoms with E-state index in [2.05, 4.69) is 93.1 Å². The van der Waals surface area contributed by atoms with E-state index in [0.29, 0.717) is 5.40 Å².